The number of hydrogen-bond acceptors (Lipinski definition) is 0. The summed E-state index contributed by atoms with van der Waals surface area (Å²) in [4.78, 5) is 3.50. The minimum atomic E-state index is -0.312. The molecule has 1 heteroatoms. The summed E-state index contributed by atoms with van der Waals surface area (Å²) in [6, 6.07) is 37.4. The minimum Gasteiger partial charge on any atom is -0.361 e. The van der Waals surface area contributed by atoms with E-state index in [1.54, 1.807) is 0 Å². The van der Waals surface area contributed by atoms with Crippen LogP contribution < -0.4 is 0 Å². The van der Waals surface area contributed by atoms with Gasteiger partial charge in [0.25, 0.3) is 0 Å². The van der Waals surface area contributed by atoms with Gasteiger partial charge in [0, 0.05) is 17.1 Å². The molecule has 1 heterocycles. The first-order valence-electron chi connectivity index (χ1n) is 9.72. The van der Waals surface area contributed by atoms with Crippen molar-refractivity contribution in [2.75, 3.05) is 0 Å². The maximum atomic E-state index is 3.50. The lowest BCUT2D eigenvalue weighted by Gasteiger charge is -2.33. The van der Waals surface area contributed by atoms with Gasteiger partial charge >= 0.3 is 0 Å². The predicted molar refractivity (Wildman–Crippen MR) is 116 cm³/mol. The summed E-state index contributed by atoms with van der Waals surface area (Å²) in [7, 11) is 0. The van der Waals surface area contributed by atoms with Crippen molar-refractivity contribution in [2.24, 2.45) is 0 Å². The van der Waals surface area contributed by atoms with Gasteiger partial charge in [-0.05, 0) is 33.9 Å². The summed E-state index contributed by atoms with van der Waals surface area (Å²) in [5, 5.41) is 1.26. The summed E-state index contributed by atoms with van der Waals surface area (Å²) >= 11 is 0. The number of fused-ring (bicyclic) bond motifs is 5. The topological polar surface area (TPSA) is 15.8 Å². The number of aromatic nitrogens is 1. The monoisotopic (exact) mass is 357 g/mol. The van der Waals surface area contributed by atoms with Gasteiger partial charge in [-0.15, -0.1) is 0 Å². The van der Waals surface area contributed by atoms with Gasteiger partial charge in [-0.2, -0.15) is 0 Å². The molecule has 5 aromatic rings. The fraction of sp³-hybridized carbons (Fsp3) is 0.0370. The highest BCUT2D eigenvalue weighted by Gasteiger charge is 2.46. The van der Waals surface area contributed by atoms with Crippen LogP contribution in [0.5, 0.6) is 0 Å². The van der Waals surface area contributed by atoms with Crippen LogP contribution in [0.2, 0.25) is 0 Å². The van der Waals surface area contributed by atoms with Crippen molar-refractivity contribution in [3.63, 3.8) is 0 Å². The molecule has 0 radical (unpaired) electrons. The van der Waals surface area contributed by atoms with E-state index in [0.717, 1.165) is 0 Å². The number of H-pyrrole nitrogens is 1. The molecule has 28 heavy (non-hydrogen) atoms. The van der Waals surface area contributed by atoms with Gasteiger partial charge in [-0.25, -0.2) is 0 Å². The Bertz CT molecular complexity index is 1260. The molecule has 1 nitrogen and oxygen atoms in total. The molecule has 0 saturated heterocycles. The number of aromatic amines is 1. The molecule has 132 valence electrons. The van der Waals surface area contributed by atoms with Crippen LogP contribution in [0.1, 0.15) is 22.3 Å². The van der Waals surface area contributed by atoms with E-state index in [9.17, 15) is 0 Å². The van der Waals surface area contributed by atoms with Crippen molar-refractivity contribution in [2.45, 2.75) is 5.41 Å². The van der Waals surface area contributed by atoms with Crippen molar-refractivity contribution in [3.8, 4) is 11.1 Å². The zero-order chi connectivity index (χ0) is 18.6. The Hall–Kier alpha value is -3.58. The van der Waals surface area contributed by atoms with E-state index in [-0.39, 0.29) is 5.41 Å². The highest BCUT2D eigenvalue weighted by atomic mass is 14.7. The summed E-state index contributed by atoms with van der Waals surface area (Å²) in [6.07, 6.45) is 2.04. The Labute approximate surface area is 164 Å². The lowest BCUT2D eigenvalue weighted by Crippen LogP contribution is -2.28. The molecule has 6 rings (SSSR count). The smallest absolute Gasteiger partial charge is 0.0714 e. The van der Waals surface area contributed by atoms with Gasteiger partial charge in [0.05, 0.1) is 10.9 Å². The Morgan fingerprint density at radius 1 is 0.536 bits per heavy atom. The molecule has 0 bridgehead atoms. The maximum Gasteiger partial charge on any atom is 0.0714 e. The van der Waals surface area contributed by atoms with Crippen LogP contribution >= 0.6 is 0 Å². The van der Waals surface area contributed by atoms with E-state index < -0.39 is 0 Å². The molecule has 1 aromatic heterocycles. The highest BCUT2D eigenvalue weighted by molar-refractivity contribution is 6.02. The third kappa shape index (κ3) is 1.86. The summed E-state index contributed by atoms with van der Waals surface area (Å²) in [5.74, 6) is 0. The van der Waals surface area contributed by atoms with E-state index in [1.807, 2.05) is 6.20 Å². The van der Waals surface area contributed by atoms with Crippen molar-refractivity contribution < 1.29 is 0 Å². The molecule has 0 fully saturated rings. The molecule has 0 saturated carbocycles. The average molecular weight is 357 g/mol. The maximum absolute atomic E-state index is 3.50. The fourth-order valence-electron chi connectivity index (χ4n) is 5.06. The Morgan fingerprint density at radius 3 is 1.89 bits per heavy atom. The van der Waals surface area contributed by atoms with Crippen LogP contribution in [0.25, 0.3) is 22.0 Å². The molecule has 0 unspecified atom stereocenters. The second-order valence-corrected chi connectivity index (χ2v) is 7.46. The van der Waals surface area contributed by atoms with E-state index in [2.05, 4.69) is 108 Å². The molecular weight excluding hydrogens is 338 g/mol. The van der Waals surface area contributed by atoms with E-state index in [1.165, 1.54) is 44.3 Å². The molecule has 1 aliphatic rings. The lowest BCUT2D eigenvalue weighted by molar-refractivity contribution is 0.769. The third-order valence-corrected chi connectivity index (χ3v) is 6.15. The van der Waals surface area contributed by atoms with Gasteiger partial charge in [0.15, 0.2) is 0 Å². The van der Waals surface area contributed by atoms with Crippen molar-refractivity contribution in [1.29, 1.82) is 0 Å². The van der Waals surface area contributed by atoms with Crippen LogP contribution in [-0.4, -0.2) is 4.98 Å². The van der Waals surface area contributed by atoms with Gasteiger partial charge < -0.3 is 4.98 Å². The fourth-order valence-corrected chi connectivity index (χ4v) is 5.06. The number of rotatable bonds is 2. The van der Waals surface area contributed by atoms with E-state index in [4.69, 9.17) is 0 Å². The molecular formula is C27H19N. The molecule has 0 amide bonds. The SMILES string of the molecule is c1ccc(C2(c3ccccc3)c3ccccc3-c3c2ccc2cc[nH]c32)cc1. The van der Waals surface area contributed by atoms with Crippen LogP contribution in [0.4, 0.5) is 0 Å². The van der Waals surface area contributed by atoms with Gasteiger partial charge in [0.2, 0.25) is 0 Å². The van der Waals surface area contributed by atoms with Crippen molar-refractivity contribution >= 4 is 10.9 Å². The van der Waals surface area contributed by atoms with Crippen LogP contribution in [0, 0.1) is 0 Å². The number of hydrogen-bond donors (Lipinski definition) is 1. The molecule has 0 aliphatic heterocycles. The molecule has 1 aliphatic carbocycles. The Kier molecular flexibility index (Phi) is 3.15. The predicted octanol–water partition coefficient (Wildman–Crippen LogP) is 6.53. The second kappa shape index (κ2) is 5.71. The average Bonchev–Trinajstić information content (AvgIpc) is 3.36. The molecule has 1 N–H and O–H groups in total. The van der Waals surface area contributed by atoms with Crippen LogP contribution in [0.3, 0.4) is 0 Å². The molecule has 0 atom stereocenters. The molecule has 0 spiro atoms. The summed E-state index contributed by atoms with van der Waals surface area (Å²) in [5.41, 5.74) is 8.86. The van der Waals surface area contributed by atoms with Crippen molar-refractivity contribution in [3.05, 3.63) is 132 Å². The summed E-state index contributed by atoms with van der Waals surface area (Å²) in [6.45, 7) is 0. The largest absolute Gasteiger partial charge is 0.361 e. The van der Waals surface area contributed by atoms with E-state index in [0.29, 0.717) is 0 Å². The molecule has 4 aromatic carbocycles. The quantitative estimate of drug-likeness (QED) is 0.362. The minimum absolute atomic E-state index is 0.312. The van der Waals surface area contributed by atoms with Crippen molar-refractivity contribution in [1.82, 2.24) is 4.98 Å². The van der Waals surface area contributed by atoms with Gasteiger partial charge in [0.1, 0.15) is 0 Å². The highest BCUT2D eigenvalue weighted by Crippen LogP contribution is 2.57. The third-order valence-electron chi connectivity index (χ3n) is 6.15. The zero-order valence-corrected chi connectivity index (χ0v) is 15.4. The Balaban J connectivity index is 1.85. The second-order valence-electron chi connectivity index (χ2n) is 7.46. The summed E-state index contributed by atoms with van der Waals surface area (Å²) < 4.78 is 0. The van der Waals surface area contributed by atoms with Crippen LogP contribution in [-0.2, 0) is 5.41 Å². The Morgan fingerprint density at radius 2 is 1.18 bits per heavy atom. The standard InChI is InChI=1S/C27H19N/c1-3-9-20(10-4-1)27(21-11-5-2-6-12-21)23-14-8-7-13-22(23)25-24(27)16-15-19-17-18-28-26(19)25/h1-18,28H. The van der Waals surface area contributed by atoms with Gasteiger partial charge in [-0.3, -0.25) is 0 Å². The first kappa shape index (κ1) is 15.5. The van der Waals surface area contributed by atoms with Crippen LogP contribution in [0.15, 0.2) is 109 Å². The number of nitrogens with one attached hydrogen (secondary N) is 1. The normalized spacial score (nSPS) is 14.0. The first-order chi connectivity index (χ1) is 13.9. The lowest BCUT2D eigenvalue weighted by atomic mass is 9.68. The zero-order valence-electron chi connectivity index (χ0n) is 15.4. The number of benzene rings is 4. The first-order valence-corrected chi connectivity index (χ1v) is 9.72. The van der Waals surface area contributed by atoms with Gasteiger partial charge in [-0.1, -0.05) is 97.1 Å². The van der Waals surface area contributed by atoms with E-state index >= 15 is 0 Å².